The number of carbonyl (C=O) groups is 1. The minimum Gasteiger partial charge on any atom is -0.376 e. The Morgan fingerprint density at radius 2 is 2.23 bits per heavy atom. The maximum Gasteiger partial charge on any atom is 0.243 e. The lowest BCUT2D eigenvalue weighted by molar-refractivity contribution is -0.127. The van der Waals surface area contributed by atoms with E-state index in [4.69, 9.17) is 16.3 Å². The second kappa shape index (κ2) is 10.9. The average molecular weight is 499 g/mol. The lowest BCUT2D eigenvalue weighted by atomic mass is 10.2. The summed E-state index contributed by atoms with van der Waals surface area (Å²) in [6.45, 7) is 2.09. The van der Waals surface area contributed by atoms with Crippen LogP contribution in [0, 0.1) is 0 Å². The minimum absolute atomic E-state index is 0. The molecule has 2 heterocycles. The number of ether oxygens (including phenoxy) is 1. The van der Waals surface area contributed by atoms with Crippen LogP contribution in [0.25, 0.3) is 0 Å². The Morgan fingerprint density at radius 3 is 2.77 bits per heavy atom. The zero-order valence-corrected chi connectivity index (χ0v) is 18.8. The quantitative estimate of drug-likeness (QED) is 0.364. The summed E-state index contributed by atoms with van der Waals surface area (Å²) >= 11 is 6.05. The monoisotopic (exact) mass is 498 g/mol. The largest absolute Gasteiger partial charge is 0.376 e. The number of nitrogens with one attached hydrogen (secondary N) is 1. The molecule has 1 aliphatic rings. The first-order valence-electron chi connectivity index (χ1n) is 8.35. The van der Waals surface area contributed by atoms with Gasteiger partial charge in [0.25, 0.3) is 0 Å². The van der Waals surface area contributed by atoms with Crippen LogP contribution in [0.4, 0.5) is 0 Å². The van der Waals surface area contributed by atoms with Crippen LogP contribution < -0.4 is 5.32 Å². The molecule has 1 N–H and O–H groups in total. The Morgan fingerprint density at radius 1 is 1.50 bits per heavy atom. The Kier molecular flexibility index (Phi) is 9.66. The zero-order valence-electron chi connectivity index (χ0n) is 15.7. The topological polar surface area (TPSA) is 75.0 Å². The molecule has 2 rings (SSSR count). The molecule has 1 aliphatic heterocycles. The van der Waals surface area contributed by atoms with Gasteiger partial charge in [0, 0.05) is 41.3 Å². The van der Waals surface area contributed by atoms with Crippen LogP contribution in [0.15, 0.2) is 11.2 Å². The molecule has 0 aliphatic carbocycles. The molecule has 1 saturated heterocycles. The van der Waals surface area contributed by atoms with Gasteiger partial charge in [-0.1, -0.05) is 11.6 Å². The highest BCUT2D eigenvalue weighted by Gasteiger charge is 2.18. The number of amides is 1. The summed E-state index contributed by atoms with van der Waals surface area (Å²) in [6, 6.07) is 0. The normalized spacial score (nSPS) is 17.0. The molecule has 1 aromatic rings. The number of carbonyl (C=O) groups excluding carboxylic acids is 1. The van der Waals surface area contributed by atoms with Crippen molar-refractivity contribution < 1.29 is 9.53 Å². The highest BCUT2D eigenvalue weighted by atomic mass is 127. The summed E-state index contributed by atoms with van der Waals surface area (Å²) in [4.78, 5) is 24.1. The number of rotatable bonds is 6. The van der Waals surface area contributed by atoms with E-state index < -0.39 is 0 Å². The molecule has 10 heteroatoms. The molecule has 1 atom stereocenters. The molecule has 148 valence electrons. The van der Waals surface area contributed by atoms with Gasteiger partial charge in [-0.05, 0) is 12.8 Å². The first kappa shape index (κ1) is 23.0. The van der Waals surface area contributed by atoms with E-state index in [1.165, 1.54) is 4.90 Å². The number of imidazole rings is 1. The van der Waals surface area contributed by atoms with E-state index in [9.17, 15) is 4.79 Å². The number of guanidine groups is 1. The van der Waals surface area contributed by atoms with Crippen molar-refractivity contribution >= 4 is 47.4 Å². The third-order valence-corrected chi connectivity index (χ3v) is 4.49. The molecule has 0 saturated carbocycles. The van der Waals surface area contributed by atoms with Crippen molar-refractivity contribution in [3.8, 4) is 0 Å². The van der Waals surface area contributed by atoms with Crippen molar-refractivity contribution in [3.63, 3.8) is 0 Å². The number of likely N-dealkylation sites (N-methyl/N-ethyl adjacent to an activating group) is 1. The van der Waals surface area contributed by atoms with Crippen LogP contribution in [-0.4, -0.2) is 78.2 Å². The van der Waals surface area contributed by atoms with Crippen molar-refractivity contribution in [1.82, 2.24) is 24.7 Å². The van der Waals surface area contributed by atoms with Crippen LogP contribution in [0.1, 0.15) is 18.7 Å². The fraction of sp³-hybridized carbons (Fsp3) is 0.688. The predicted octanol–water partition coefficient (Wildman–Crippen LogP) is 1.34. The molecule has 1 unspecified atom stereocenters. The van der Waals surface area contributed by atoms with Gasteiger partial charge in [-0.3, -0.25) is 4.79 Å². The molecule has 0 bridgehead atoms. The average Bonchev–Trinajstić information content (AvgIpc) is 3.20. The number of nitrogens with zero attached hydrogens (tertiary/aromatic N) is 5. The molecule has 0 aromatic carbocycles. The molecule has 0 radical (unpaired) electrons. The van der Waals surface area contributed by atoms with E-state index in [0.717, 1.165) is 25.3 Å². The van der Waals surface area contributed by atoms with Crippen molar-refractivity contribution in [1.29, 1.82) is 0 Å². The Bertz CT molecular complexity index is 616. The molecule has 1 amide bonds. The van der Waals surface area contributed by atoms with Gasteiger partial charge >= 0.3 is 0 Å². The lowest BCUT2D eigenvalue weighted by Gasteiger charge is -2.23. The van der Waals surface area contributed by atoms with Gasteiger partial charge in [0.15, 0.2) is 5.96 Å². The van der Waals surface area contributed by atoms with Gasteiger partial charge in [0.05, 0.1) is 18.8 Å². The van der Waals surface area contributed by atoms with Gasteiger partial charge in [-0.25, -0.2) is 9.98 Å². The van der Waals surface area contributed by atoms with Gasteiger partial charge in [0.1, 0.15) is 17.5 Å². The Hall–Kier alpha value is -1.07. The number of hydrogen-bond acceptors (Lipinski definition) is 4. The van der Waals surface area contributed by atoms with Gasteiger partial charge in [-0.15, -0.1) is 24.0 Å². The summed E-state index contributed by atoms with van der Waals surface area (Å²) in [5.41, 5.74) is 0. The molecule has 0 spiro atoms. The first-order valence-corrected chi connectivity index (χ1v) is 8.73. The molecule has 1 fully saturated rings. The molecule has 8 nitrogen and oxygen atoms in total. The van der Waals surface area contributed by atoms with Crippen molar-refractivity contribution in [2.24, 2.45) is 12.0 Å². The van der Waals surface area contributed by atoms with E-state index >= 15 is 0 Å². The number of aliphatic imine (C=N–C) groups is 1. The van der Waals surface area contributed by atoms with E-state index in [1.54, 1.807) is 20.3 Å². The number of aromatic nitrogens is 2. The fourth-order valence-corrected chi connectivity index (χ4v) is 2.61. The summed E-state index contributed by atoms with van der Waals surface area (Å²) < 4.78 is 7.46. The van der Waals surface area contributed by atoms with E-state index in [-0.39, 0.29) is 42.5 Å². The SMILES string of the molecule is CN(C)C(=O)CN=C(NCC1CCCO1)N(C)Cc1ncc(Cl)n1C.I. The second-order valence-corrected chi connectivity index (χ2v) is 6.74. The summed E-state index contributed by atoms with van der Waals surface area (Å²) in [5, 5.41) is 3.89. The molecule has 1 aromatic heterocycles. The van der Waals surface area contributed by atoms with Gasteiger partial charge in [0.2, 0.25) is 5.91 Å². The van der Waals surface area contributed by atoms with E-state index in [0.29, 0.717) is 24.2 Å². The van der Waals surface area contributed by atoms with Crippen molar-refractivity contribution in [3.05, 3.63) is 17.2 Å². The van der Waals surface area contributed by atoms with Crippen LogP contribution >= 0.6 is 35.6 Å². The van der Waals surface area contributed by atoms with Crippen molar-refractivity contribution in [2.75, 3.05) is 40.8 Å². The molecule has 26 heavy (non-hydrogen) atoms. The third kappa shape index (κ3) is 6.58. The van der Waals surface area contributed by atoms with Gasteiger partial charge in [-0.2, -0.15) is 0 Å². The first-order chi connectivity index (χ1) is 11.9. The summed E-state index contributed by atoms with van der Waals surface area (Å²) in [5.74, 6) is 1.41. The maximum atomic E-state index is 11.9. The third-order valence-electron chi connectivity index (χ3n) is 4.14. The Balaban J connectivity index is 0.00000338. The van der Waals surface area contributed by atoms with Crippen LogP contribution in [0.2, 0.25) is 5.15 Å². The van der Waals surface area contributed by atoms with Crippen LogP contribution in [0.3, 0.4) is 0 Å². The second-order valence-electron chi connectivity index (χ2n) is 6.36. The summed E-state index contributed by atoms with van der Waals surface area (Å²) in [6.07, 6.45) is 3.93. The molecular formula is C16H28ClIN6O2. The summed E-state index contributed by atoms with van der Waals surface area (Å²) in [7, 11) is 7.21. The lowest BCUT2D eigenvalue weighted by Crippen LogP contribution is -2.43. The Labute approximate surface area is 176 Å². The van der Waals surface area contributed by atoms with E-state index in [1.807, 2.05) is 23.6 Å². The fourth-order valence-electron chi connectivity index (χ4n) is 2.46. The predicted molar refractivity (Wildman–Crippen MR) is 113 cm³/mol. The maximum absolute atomic E-state index is 11.9. The highest BCUT2D eigenvalue weighted by Crippen LogP contribution is 2.12. The molecular weight excluding hydrogens is 471 g/mol. The highest BCUT2D eigenvalue weighted by molar-refractivity contribution is 14.0. The number of hydrogen-bond donors (Lipinski definition) is 1. The minimum atomic E-state index is -0.0511. The van der Waals surface area contributed by atoms with Crippen molar-refractivity contribution in [2.45, 2.75) is 25.5 Å². The zero-order chi connectivity index (χ0) is 18.4. The van der Waals surface area contributed by atoms with Crippen LogP contribution in [0.5, 0.6) is 0 Å². The van der Waals surface area contributed by atoms with Gasteiger partial charge < -0.3 is 24.4 Å². The number of halogens is 2. The standard InChI is InChI=1S/C16H27ClN6O2.HI/c1-21(2)15(24)10-20-16(19-8-12-6-5-7-25-12)22(3)11-14-18-9-13(17)23(14)4;/h9,12H,5-8,10-11H2,1-4H3,(H,19,20);1H. The van der Waals surface area contributed by atoms with E-state index in [2.05, 4.69) is 15.3 Å². The van der Waals surface area contributed by atoms with Crippen LogP contribution in [-0.2, 0) is 23.1 Å². The smallest absolute Gasteiger partial charge is 0.243 e.